The van der Waals surface area contributed by atoms with Gasteiger partial charge in [-0.2, -0.15) is 0 Å². The van der Waals surface area contributed by atoms with Crippen molar-refractivity contribution in [3.8, 4) is 5.75 Å². The standard InChI is InChI=1S/C17H15N3O/c1-21-13-8-9-15-14(11-13)17(18)20-16(19-15)10-7-12-5-3-2-4-6-12/h2-11H,1H3,(H2,18,19,20). The van der Waals surface area contributed by atoms with E-state index in [0.717, 1.165) is 22.2 Å². The Balaban J connectivity index is 1.99. The van der Waals surface area contributed by atoms with Gasteiger partial charge in [0.15, 0.2) is 5.82 Å². The van der Waals surface area contributed by atoms with Crippen molar-refractivity contribution >= 4 is 28.9 Å². The highest BCUT2D eigenvalue weighted by molar-refractivity contribution is 5.90. The Morgan fingerprint density at radius 3 is 2.57 bits per heavy atom. The predicted octanol–water partition coefficient (Wildman–Crippen LogP) is 3.39. The second-order valence-corrected chi connectivity index (χ2v) is 4.59. The molecule has 0 saturated heterocycles. The molecule has 0 spiro atoms. The van der Waals surface area contributed by atoms with Gasteiger partial charge in [0.1, 0.15) is 11.6 Å². The molecule has 0 fully saturated rings. The molecule has 3 aromatic rings. The third-order valence-corrected chi connectivity index (χ3v) is 3.17. The van der Waals surface area contributed by atoms with Crippen LogP contribution in [0.5, 0.6) is 5.75 Å². The quantitative estimate of drug-likeness (QED) is 0.797. The van der Waals surface area contributed by atoms with E-state index in [0.29, 0.717) is 11.6 Å². The van der Waals surface area contributed by atoms with Crippen LogP contribution in [0.3, 0.4) is 0 Å². The Morgan fingerprint density at radius 2 is 1.81 bits per heavy atom. The fraction of sp³-hybridized carbons (Fsp3) is 0.0588. The van der Waals surface area contributed by atoms with Crippen molar-refractivity contribution in [1.82, 2.24) is 9.97 Å². The number of nitrogen functional groups attached to an aromatic ring is 1. The fourth-order valence-corrected chi connectivity index (χ4v) is 2.09. The Bertz CT molecular complexity index is 798. The average molecular weight is 277 g/mol. The zero-order valence-corrected chi connectivity index (χ0v) is 11.7. The van der Waals surface area contributed by atoms with Crippen LogP contribution in [0.4, 0.5) is 5.82 Å². The lowest BCUT2D eigenvalue weighted by atomic mass is 10.2. The molecule has 0 unspecified atom stereocenters. The second-order valence-electron chi connectivity index (χ2n) is 4.59. The molecule has 0 amide bonds. The molecule has 1 heterocycles. The maximum Gasteiger partial charge on any atom is 0.154 e. The van der Waals surface area contributed by atoms with E-state index in [1.165, 1.54) is 0 Å². The lowest BCUT2D eigenvalue weighted by molar-refractivity contribution is 0.415. The molecule has 0 atom stereocenters. The molecule has 2 aromatic carbocycles. The van der Waals surface area contributed by atoms with Crippen LogP contribution >= 0.6 is 0 Å². The zero-order chi connectivity index (χ0) is 14.7. The summed E-state index contributed by atoms with van der Waals surface area (Å²) in [6, 6.07) is 15.6. The van der Waals surface area contributed by atoms with Crippen LogP contribution in [-0.2, 0) is 0 Å². The van der Waals surface area contributed by atoms with Crippen molar-refractivity contribution in [2.45, 2.75) is 0 Å². The van der Waals surface area contributed by atoms with Crippen LogP contribution in [0.15, 0.2) is 48.5 Å². The molecule has 0 saturated carbocycles. The highest BCUT2D eigenvalue weighted by Gasteiger charge is 2.04. The van der Waals surface area contributed by atoms with Crippen molar-refractivity contribution in [2.24, 2.45) is 0 Å². The lowest BCUT2D eigenvalue weighted by Crippen LogP contribution is -1.97. The molecule has 104 valence electrons. The minimum atomic E-state index is 0.451. The Hall–Kier alpha value is -2.88. The minimum absolute atomic E-state index is 0.451. The summed E-state index contributed by atoms with van der Waals surface area (Å²) in [5.74, 6) is 1.78. The largest absolute Gasteiger partial charge is 0.497 e. The summed E-state index contributed by atoms with van der Waals surface area (Å²) >= 11 is 0. The first-order valence-electron chi connectivity index (χ1n) is 6.60. The molecule has 4 nitrogen and oxygen atoms in total. The number of ether oxygens (including phenoxy) is 1. The van der Waals surface area contributed by atoms with Crippen molar-refractivity contribution in [3.05, 3.63) is 59.9 Å². The number of rotatable bonds is 3. The SMILES string of the molecule is COc1ccc2nc(C=Cc3ccccc3)nc(N)c2c1. The van der Waals surface area contributed by atoms with Crippen LogP contribution in [0, 0.1) is 0 Å². The van der Waals surface area contributed by atoms with Crippen molar-refractivity contribution in [2.75, 3.05) is 12.8 Å². The minimum Gasteiger partial charge on any atom is -0.497 e. The van der Waals surface area contributed by atoms with Crippen LogP contribution < -0.4 is 10.5 Å². The smallest absolute Gasteiger partial charge is 0.154 e. The van der Waals surface area contributed by atoms with Gasteiger partial charge >= 0.3 is 0 Å². The molecule has 2 N–H and O–H groups in total. The van der Waals surface area contributed by atoms with Gasteiger partial charge in [0.2, 0.25) is 0 Å². The van der Waals surface area contributed by atoms with Gasteiger partial charge in [-0.3, -0.25) is 0 Å². The summed E-state index contributed by atoms with van der Waals surface area (Å²) in [7, 11) is 1.62. The maximum atomic E-state index is 6.01. The number of nitrogens with two attached hydrogens (primary N) is 1. The molecule has 0 aliphatic heterocycles. The van der Waals surface area contributed by atoms with Gasteiger partial charge in [0.25, 0.3) is 0 Å². The van der Waals surface area contributed by atoms with E-state index in [9.17, 15) is 0 Å². The molecule has 21 heavy (non-hydrogen) atoms. The normalized spacial score (nSPS) is 11.1. The average Bonchev–Trinajstić information content (AvgIpc) is 2.54. The number of methoxy groups -OCH3 is 1. The van der Waals surface area contributed by atoms with Crippen LogP contribution in [0.25, 0.3) is 23.1 Å². The molecule has 0 bridgehead atoms. The summed E-state index contributed by atoms with van der Waals surface area (Å²) in [5, 5.41) is 0.797. The highest BCUT2D eigenvalue weighted by Crippen LogP contribution is 2.23. The van der Waals surface area contributed by atoms with Gasteiger partial charge in [-0.15, -0.1) is 0 Å². The van der Waals surface area contributed by atoms with Gasteiger partial charge < -0.3 is 10.5 Å². The summed E-state index contributed by atoms with van der Waals surface area (Å²) in [6.07, 6.45) is 3.82. The number of nitrogens with zero attached hydrogens (tertiary/aromatic N) is 2. The van der Waals surface area contributed by atoms with Crippen molar-refractivity contribution < 1.29 is 4.74 Å². The van der Waals surface area contributed by atoms with Gasteiger partial charge in [-0.05, 0) is 29.8 Å². The number of anilines is 1. The number of benzene rings is 2. The highest BCUT2D eigenvalue weighted by atomic mass is 16.5. The van der Waals surface area contributed by atoms with Crippen molar-refractivity contribution in [3.63, 3.8) is 0 Å². The number of hydrogen-bond donors (Lipinski definition) is 1. The molecule has 0 aliphatic rings. The zero-order valence-electron chi connectivity index (χ0n) is 11.7. The van der Waals surface area contributed by atoms with Gasteiger partial charge in [-0.1, -0.05) is 36.4 Å². The van der Waals surface area contributed by atoms with E-state index in [-0.39, 0.29) is 0 Å². The Kier molecular flexibility index (Phi) is 3.51. The van der Waals surface area contributed by atoms with Crippen molar-refractivity contribution in [1.29, 1.82) is 0 Å². The molecular weight excluding hydrogens is 262 g/mol. The fourth-order valence-electron chi connectivity index (χ4n) is 2.09. The van der Waals surface area contributed by atoms with E-state index in [1.54, 1.807) is 7.11 Å². The van der Waals surface area contributed by atoms with Gasteiger partial charge in [0.05, 0.1) is 12.6 Å². The summed E-state index contributed by atoms with van der Waals surface area (Å²) < 4.78 is 5.19. The monoisotopic (exact) mass is 277 g/mol. The van der Waals surface area contributed by atoms with Crippen LogP contribution in [0.2, 0.25) is 0 Å². The first kappa shape index (κ1) is 13.1. The first-order chi connectivity index (χ1) is 10.3. The molecule has 3 rings (SSSR count). The topological polar surface area (TPSA) is 61.0 Å². The summed E-state index contributed by atoms with van der Waals surface area (Å²) in [5.41, 5.74) is 7.90. The van der Waals surface area contributed by atoms with Gasteiger partial charge in [0, 0.05) is 5.39 Å². The van der Waals surface area contributed by atoms with E-state index >= 15 is 0 Å². The van der Waals surface area contributed by atoms with E-state index in [4.69, 9.17) is 10.5 Å². The number of aromatic nitrogens is 2. The third kappa shape index (κ3) is 2.84. The Labute approximate surface area is 122 Å². The summed E-state index contributed by atoms with van der Waals surface area (Å²) in [4.78, 5) is 8.81. The number of fused-ring (bicyclic) bond motifs is 1. The first-order valence-corrected chi connectivity index (χ1v) is 6.60. The Morgan fingerprint density at radius 1 is 1.00 bits per heavy atom. The molecule has 0 aliphatic carbocycles. The van der Waals surface area contributed by atoms with E-state index in [2.05, 4.69) is 9.97 Å². The predicted molar refractivity (Wildman–Crippen MR) is 85.9 cm³/mol. The third-order valence-electron chi connectivity index (χ3n) is 3.17. The van der Waals surface area contributed by atoms with Gasteiger partial charge in [-0.25, -0.2) is 9.97 Å². The maximum absolute atomic E-state index is 6.01. The van der Waals surface area contributed by atoms with Crippen LogP contribution in [0.1, 0.15) is 11.4 Å². The summed E-state index contributed by atoms with van der Waals surface area (Å²) in [6.45, 7) is 0. The lowest BCUT2D eigenvalue weighted by Gasteiger charge is -2.05. The number of hydrogen-bond acceptors (Lipinski definition) is 4. The van der Waals surface area contributed by atoms with Crippen LogP contribution in [-0.4, -0.2) is 17.1 Å². The second kappa shape index (κ2) is 5.63. The molecule has 1 aromatic heterocycles. The molecular formula is C17H15N3O. The molecule has 4 heteroatoms. The molecule has 0 radical (unpaired) electrons. The van der Waals surface area contributed by atoms with E-state index < -0.39 is 0 Å². The van der Waals surface area contributed by atoms with E-state index in [1.807, 2.05) is 60.7 Å².